The number of amides is 1. The largest absolute Gasteiger partial charge is 0.356 e. The number of nitrogens with two attached hydrogens (primary N) is 1. The van der Waals surface area contributed by atoms with Gasteiger partial charge in [-0.3, -0.25) is 9.78 Å². The van der Waals surface area contributed by atoms with E-state index in [0.717, 1.165) is 0 Å². The highest BCUT2D eigenvalue weighted by atomic mass is 32.2. The second kappa shape index (κ2) is 7.82. The van der Waals surface area contributed by atoms with Crippen molar-refractivity contribution in [3.63, 3.8) is 0 Å². The molecule has 1 amide bonds. The van der Waals surface area contributed by atoms with Crippen molar-refractivity contribution in [3.8, 4) is 0 Å². The molecular formula is C11H18N4O3S. The van der Waals surface area contributed by atoms with Crippen LogP contribution in [0.5, 0.6) is 0 Å². The van der Waals surface area contributed by atoms with Gasteiger partial charge in [0.15, 0.2) is 0 Å². The SMILES string of the molecule is NCCCNC(=O)CCNS(=O)(=O)c1cccnc1. The van der Waals surface area contributed by atoms with Gasteiger partial charge in [-0.2, -0.15) is 0 Å². The standard InChI is InChI=1S/C11H18N4O3S/c12-5-2-7-14-11(16)4-8-15-19(17,18)10-3-1-6-13-9-10/h1,3,6,9,15H,2,4-5,7-8,12H2,(H,14,16). The second-order valence-electron chi connectivity index (χ2n) is 3.83. The fourth-order valence-electron chi connectivity index (χ4n) is 1.31. The zero-order valence-electron chi connectivity index (χ0n) is 10.5. The van der Waals surface area contributed by atoms with E-state index in [1.54, 1.807) is 0 Å². The van der Waals surface area contributed by atoms with Crippen LogP contribution in [0.2, 0.25) is 0 Å². The lowest BCUT2D eigenvalue weighted by Crippen LogP contribution is -2.31. The van der Waals surface area contributed by atoms with Gasteiger partial charge in [0.05, 0.1) is 0 Å². The van der Waals surface area contributed by atoms with Crippen LogP contribution in [0.1, 0.15) is 12.8 Å². The first kappa shape index (κ1) is 15.5. The van der Waals surface area contributed by atoms with E-state index in [-0.39, 0.29) is 23.8 Å². The normalized spacial score (nSPS) is 11.2. The maximum atomic E-state index is 11.8. The van der Waals surface area contributed by atoms with Crippen molar-refractivity contribution in [1.82, 2.24) is 15.0 Å². The van der Waals surface area contributed by atoms with Crippen LogP contribution in [0.25, 0.3) is 0 Å². The van der Waals surface area contributed by atoms with Crippen LogP contribution in [0.4, 0.5) is 0 Å². The van der Waals surface area contributed by atoms with Gasteiger partial charge >= 0.3 is 0 Å². The average Bonchev–Trinajstić information content (AvgIpc) is 2.40. The maximum absolute atomic E-state index is 11.8. The number of hydrogen-bond donors (Lipinski definition) is 3. The minimum atomic E-state index is -3.59. The Kier molecular flexibility index (Phi) is 6.40. The molecule has 0 aliphatic rings. The minimum Gasteiger partial charge on any atom is -0.356 e. The van der Waals surface area contributed by atoms with Crippen molar-refractivity contribution in [2.45, 2.75) is 17.7 Å². The van der Waals surface area contributed by atoms with Gasteiger partial charge in [0, 0.05) is 31.9 Å². The van der Waals surface area contributed by atoms with E-state index in [1.165, 1.54) is 24.5 Å². The van der Waals surface area contributed by atoms with Crippen molar-refractivity contribution in [2.24, 2.45) is 5.73 Å². The van der Waals surface area contributed by atoms with Crippen LogP contribution in [-0.4, -0.2) is 38.9 Å². The van der Waals surface area contributed by atoms with Crippen LogP contribution in [0.15, 0.2) is 29.4 Å². The summed E-state index contributed by atoms with van der Waals surface area (Å²) < 4.78 is 25.9. The van der Waals surface area contributed by atoms with Gasteiger partial charge in [0.2, 0.25) is 15.9 Å². The Bertz CT molecular complexity index is 490. The predicted octanol–water partition coefficient (Wildman–Crippen LogP) is -0.785. The molecule has 4 N–H and O–H groups in total. The Balaban J connectivity index is 2.35. The van der Waals surface area contributed by atoms with E-state index in [0.29, 0.717) is 19.5 Å². The molecule has 0 saturated heterocycles. The molecule has 1 aromatic rings. The third-order valence-corrected chi connectivity index (χ3v) is 3.74. The molecule has 0 unspecified atom stereocenters. The van der Waals surface area contributed by atoms with Crippen LogP contribution in [0.3, 0.4) is 0 Å². The van der Waals surface area contributed by atoms with Crippen molar-refractivity contribution >= 4 is 15.9 Å². The second-order valence-corrected chi connectivity index (χ2v) is 5.60. The first-order valence-electron chi connectivity index (χ1n) is 5.93. The number of carbonyl (C=O) groups excluding carboxylic acids is 1. The van der Waals surface area contributed by atoms with E-state index >= 15 is 0 Å². The highest BCUT2D eigenvalue weighted by Crippen LogP contribution is 2.04. The first-order chi connectivity index (χ1) is 9.06. The summed E-state index contributed by atoms with van der Waals surface area (Å²) in [5.74, 6) is -0.206. The molecule has 8 heteroatoms. The molecular weight excluding hydrogens is 268 g/mol. The molecule has 0 spiro atoms. The molecule has 1 heterocycles. The smallest absolute Gasteiger partial charge is 0.242 e. The number of nitrogens with one attached hydrogen (secondary N) is 2. The molecule has 0 aromatic carbocycles. The molecule has 0 saturated carbocycles. The number of pyridine rings is 1. The number of hydrogen-bond acceptors (Lipinski definition) is 5. The van der Waals surface area contributed by atoms with Crippen LogP contribution < -0.4 is 15.8 Å². The van der Waals surface area contributed by atoms with Gasteiger partial charge < -0.3 is 11.1 Å². The molecule has 0 fully saturated rings. The number of aromatic nitrogens is 1. The summed E-state index contributed by atoms with van der Waals surface area (Å²) in [7, 11) is -3.59. The Morgan fingerprint density at radius 3 is 2.79 bits per heavy atom. The Morgan fingerprint density at radius 2 is 2.16 bits per heavy atom. The van der Waals surface area contributed by atoms with Crippen molar-refractivity contribution in [3.05, 3.63) is 24.5 Å². The summed E-state index contributed by atoms with van der Waals surface area (Å²) in [5.41, 5.74) is 5.29. The van der Waals surface area contributed by atoms with Gasteiger partial charge in [-0.25, -0.2) is 13.1 Å². The quantitative estimate of drug-likeness (QED) is 0.542. The Hall–Kier alpha value is -1.51. The predicted molar refractivity (Wildman–Crippen MR) is 70.7 cm³/mol. The monoisotopic (exact) mass is 286 g/mol. The lowest BCUT2D eigenvalue weighted by molar-refractivity contribution is -0.120. The molecule has 0 aliphatic carbocycles. The fraction of sp³-hybridized carbons (Fsp3) is 0.455. The Morgan fingerprint density at radius 1 is 1.37 bits per heavy atom. The lowest BCUT2D eigenvalue weighted by Gasteiger charge is -2.06. The van der Waals surface area contributed by atoms with E-state index in [1.807, 2.05) is 0 Å². The number of carbonyl (C=O) groups is 1. The number of rotatable bonds is 8. The van der Waals surface area contributed by atoms with Gasteiger partial charge in [-0.1, -0.05) is 0 Å². The molecule has 19 heavy (non-hydrogen) atoms. The molecule has 1 rings (SSSR count). The topological polar surface area (TPSA) is 114 Å². The molecule has 0 aliphatic heterocycles. The average molecular weight is 286 g/mol. The summed E-state index contributed by atoms with van der Waals surface area (Å²) in [5, 5.41) is 2.64. The van der Waals surface area contributed by atoms with Gasteiger partial charge in [0.1, 0.15) is 4.90 Å². The number of nitrogens with zero attached hydrogens (tertiary/aromatic N) is 1. The zero-order valence-corrected chi connectivity index (χ0v) is 11.3. The van der Waals surface area contributed by atoms with Gasteiger partial charge in [-0.05, 0) is 25.1 Å². The molecule has 0 atom stereocenters. The van der Waals surface area contributed by atoms with E-state index < -0.39 is 10.0 Å². The summed E-state index contributed by atoms with van der Waals surface area (Å²) >= 11 is 0. The fourth-order valence-corrected chi connectivity index (χ4v) is 2.30. The summed E-state index contributed by atoms with van der Waals surface area (Å²) in [6.45, 7) is 1.06. The summed E-state index contributed by atoms with van der Waals surface area (Å²) in [6, 6.07) is 2.98. The van der Waals surface area contributed by atoms with E-state index in [9.17, 15) is 13.2 Å². The third kappa shape index (κ3) is 5.77. The third-order valence-electron chi connectivity index (χ3n) is 2.29. The molecule has 106 valence electrons. The van der Waals surface area contributed by atoms with Crippen LogP contribution in [-0.2, 0) is 14.8 Å². The zero-order chi connectivity index (χ0) is 14.1. The van der Waals surface area contributed by atoms with Gasteiger partial charge in [-0.15, -0.1) is 0 Å². The molecule has 0 bridgehead atoms. The maximum Gasteiger partial charge on any atom is 0.242 e. The minimum absolute atomic E-state index is 0.0473. The van der Waals surface area contributed by atoms with Crippen molar-refractivity contribution in [1.29, 1.82) is 0 Å². The Labute approximate surface area is 112 Å². The van der Waals surface area contributed by atoms with Gasteiger partial charge in [0.25, 0.3) is 0 Å². The van der Waals surface area contributed by atoms with Crippen molar-refractivity contribution < 1.29 is 13.2 Å². The van der Waals surface area contributed by atoms with E-state index in [4.69, 9.17) is 5.73 Å². The summed E-state index contributed by atoms with van der Waals surface area (Å²) in [4.78, 5) is 15.2. The highest BCUT2D eigenvalue weighted by Gasteiger charge is 2.13. The first-order valence-corrected chi connectivity index (χ1v) is 7.41. The molecule has 1 aromatic heterocycles. The summed E-state index contributed by atoms with van der Waals surface area (Å²) in [6.07, 6.45) is 3.53. The van der Waals surface area contributed by atoms with Crippen LogP contribution in [0, 0.1) is 0 Å². The van der Waals surface area contributed by atoms with Crippen molar-refractivity contribution in [2.75, 3.05) is 19.6 Å². The highest BCUT2D eigenvalue weighted by molar-refractivity contribution is 7.89. The van der Waals surface area contributed by atoms with E-state index in [2.05, 4.69) is 15.0 Å². The number of sulfonamides is 1. The lowest BCUT2D eigenvalue weighted by atomic mass is 10.4. The molecule has 0 radical (unpaired) electrons. The van der Waals surface area contributed by atoms with Crippen LogP contribution >= 0.6 is 0 Å². The molecule has 7 nitrogen and oxygen atoms in total.